The van der Waals surface area contributed by atoms with Gasteiger partial charge in [-0.2, -0.15) is 0 Å². The second-order valence-corrected chi connectivity index (χ2v) is 8.24. The van der Waals surface area contributed by atoms with E-state index in [2.05, 4.69) is 28.1 Å². The summed E-state index contributed by atoms with van der Waals surface area (Å²) in [4.78, 5) is 17.8. The zero-order valence-corrected chi connectivity index (χ0v) is 16.6. The molecule has 1 aliphatic rings. The summed E-state index contributed by atoms with van der Waals surface area (Å²) in [5.74, 6) is 0.760. The number of ether oxygens (including phenoxy) is 1. The molecule has 0 unspecified atom stereocenters. The molecule has 134 valence electrons. The van der Waals surface area contributed by atoms with Gasteiger partial charge >= 0.3 is 0 Å². The van der Waals surface area contributed by atoms with E-state index >= 15 is 0 Å². The maximum Gasteiger partial charge on any atom is 0.262 e. The van der Waals surface area contributed by atoms with Crippen LogP contribution >= 0.6 is 27.7 Å². The highest BCUT2D eigenvalue weighted by Gasteiger charge is 2.20. The molecular formula is C20H19BrN2O2S. The van der Waals surface area contributed by atoms with Gasteiger partial charge in [0, 0.05) is 16.8 Å². The summed E-state index contributed by atoms with van der Waals surface area (Å²) in [6, 6.07) is 15.8. The third-order valence-electron chi connectivity index (χ3n) is 4.49. The molecule has 0 radical (unpaired) electrons. The highest BCUT2D eigenvalue weighted by molar-refractivity contribution is 9.10. The highest BCUT2D eigenvalue weighted by atomic mass is 79.9. The minimum absolute atomic E-state index is 0.0165. The van der Waals surface area contributed by atoms with Gasteiger partial charge in [0.15, 0.2) is 5.16 Å². The van der Waals surface area contributed by atoms with E-state index in [4.69, 9.17) is 9.72 Å². The predicted molar refractivity (Wildman–Crippen MR) is 109 cm³/mol. The van der Waals surface area contributed by atoms with E-state index in [0.717, 1.165) is 40.3 Å². The fourth-order valence-electron chi connectivity index (χ4n) is 3.19. The number of para-hydroxylation sites is 1. The van der Waals surface area contributed by atoms with Crippen LogP contribution < -0.4 is 5.56 Å². The second kappa shape index (κ2) is 7.94. The Morgan fingerprint density at radius 1 is 1.23 bits per heavy atom. The van der Waals surface area contributed by atoms with Crippen molar-refractivity contribution >= 4 is 38.6 Å². The minimum Gasteiger partial charge on any atom is -0.376 e. The average molecular weight is 431 g/mol. The standard InChI is InChI=1S/C20H19BrN2O2S/c21-15-6-3-5-14(11-15)13-26-20-22-18-9-2-1-8-17(18)19(24)23(20)12-16-7-4-10-25-16/h1-3,5-6,8-9,11,16H,4,7,10,12-13H2/t16-/m1/s1. The second-order valence-electron chi connectivity index (χ2n) is 6.38. The van der Waals surface area contributed by atoms with E-state index in [0.29, 0.717) is 11.9 Å². The number of benzene rings is 2. The summed E-state index contributed by atoms with van der Waals surface area (Å²) in [5.41, 5.74) is 1.95. The van der Waals surface area contributed by atoms with E-state index in [1.54, 1.807) is 16.3 Å². The molecule has 26 heavy (non-hydrogen) atoms. The minimum atomic E-state index is 0.0165. The molecule has 0 saturated carbocycles. The molecule has 0 N–H and O–H groups in total. The lowest BCUT2D eigenvalue weighted by atomic mass is 10.2. The Morgan fingerprint density at radius 2 is 2.12 bits per heavy atom. The van der Waals surface area contributed by atoms with Gasteiger partial charge < -0.3 is 4.74 Å². The maximum absolute atomic E-state index is 13.0. The molecule has 0 bridgehead atoms. The molecule has 1 aromatic heterocycles. The van der Waals surface area contributed by atoms with Gasteiger partial charge in [-0.05, 0) is 42.7 Å². The van der Waals surface area contributed by atoms with Gasteiger partial charge in [0.1, 0.15) is 0 Å². The quantitative estimate of drug-likeness (QED) is 0.437. The Balaban J connectivity index is 1.69. The lowest BCUT2D eigenvalue weighted by Gasteiger charge is -2.16. The highest BCUT2D eigenvalue weighted by Crippen LogP contribution is 2.25. The normalized spacial score (nSPS) is 17.0. The van der Waals surface area contributed by atoms with Crippen molar-refractivity contribution in [1.29, 1.82) is 0 Å². The monoisotopic (exact) mass is 430 g/mol. The van der Waals surface area contributed by atoms with Crippen LogP contribution in [0.4, 0.5) is 0 Å². The fourth-order valence-corrected chi connectivity index (χ4v) is 4.58. The largest absolute Gasteiger partial charge is 0.376 e. The number of hydrogen-bond acceptors (Lipinski definition) is 4. The van der Waals surface area contributed by atoms with Crippen LogP contribution in [0.25, 0.3) is 10.9 Å². The van der Waals surface area contributed by atoms with Crippen molar-refractivity contribution in [2.75, 3.05) is 6.61 Å². The van der Waals surface area contributed by atoms with E-state index < -0.39 is 0 Å². The van der Waals surface area contributed by atoms with Crippen LogP contribution in [-0.2, 0) is 17.0 Å². The summed E-state index contributed by atoms with van der Waals surface area (Å²) in [6.45, 7) is 1.35. The van der Waals surface area contributed by atoms with Gasteiger partial charge in [0.2, 0.25) is 0 Å². The maximum atomic E-state index is 13.0. The lowest BCUT2D eigenvalue weighted by Crippen LogP contribution is -2.28. The summed E-state index contributed by atoms with van der Waals surface area (Å²) in [5, 5.41) is 1.42. The topological polar surface area (TPSA) is 44.1 Å². The first-order chi connectivity index (χ1) is 12.7. The number of thioether (sulfide) groups is 1. The van der Waals surface area contributed by atoms with E-state index in [1.807, 2.05) is 36.4 Å². The van der Waals surface area contributed by atoms with Crippen molar-refractivity contribution in [2.24, 2.45) is 0 Å². The molecule has 1 atom stereocenters. The first-order valence-corrected chi connectivity index (χ1v) is 10.5. The average Bonchev–Trinajstić information content (AvgIpc) is 3.16. The molecule has 2 heterocycles. The third-order valence-corrected chi connectivity index (χ3v) is 6.03. The van der Waals surface area contributed by atoms with E-state index in [-0.39, 0.29) is 11.7 Å². The van der Waals surface area contributed by atoms with Gasteiger partial charge in [0.05, 0.1) is 23.6 Å². The van der Waals surface area contributed by atoms with Crippen molar-refractivity contribution in [3.05, 3.63) is 68.9 Å². The van der Waals surface area contributed by atoms with Crippen LogP contribution in [0.3, 0.4) is 0 Å². The van der Waals surface area contributed by atoms with Gasteiger partial charge in [-0.25, -0.2) is 4.98 Å². The van der Waals surface area contributed by atoms with Crippen LogP contribution in [0.2, 0.25) is 0 Å². The molecule has 1 fully saturated rings. The van der Waals surface area contributed by atoms with Gasteiger partial charge in [-0.15, -0.1) is 0 Å². The summed E-state index contributed by atoms with van der Waals surface area (Å²) < 4.78 is 8.60. The number of rotatable bonds is 5. The number of nitrogens with zero attached hydrogens (tertiary/aromatic N) is 2. The molecule has 1 saturated heterocycles. The van der Waals surface area contributed by atoms with Gasteiger partial charge in [-0.1, -0.05) is 52.0 Å². The summed E-state index contributed by atoms with van der Waals surface area (Å²) in [6.07, 6.45) is 2.15. The molecule has 4 rings (SSSR count). The van der Waals surface area contributed by atoms with Crippen molar-refractivity contribution in [3.63, 3.8) is 0 Å². The molecule has 0 amide bonds. The molecule has 1 aliphatic heterocycles. The van der Waals surface area contributed by atoms with Crippen molar-refractivity contribution in [1.82, 2.24) is 9.55 Å². The zero-order valence-electron chi connectivity index (χ0n) is 14.2. The Bertz CT molecular complexity index is 983. The smallest absolute Gasteiger partial charge is 0.262 e. The van der Waals surface area contributed by atoms with E-state index in [9.17, 15) is 4.79 Å². The fraction of sp³-hybridized carbons (Fsp3) is 0.300. The number of fused-ring (bicyclic) bond motifs is 1. The van der Waals surface area contributed by atoms with Crippen LogP contribution in [0.5, 0.6) is 0 Å². The predicted octanol–water partition coefficient (Wildman–Crippen LogP) is 4.63. The molecule has 3 aromatic rings. The molecule has 2 aromatic carbocycles. The summed E-state index contributed by atoms with van der Waals surface area (Å²) in [7, 11) is 0. The third kappa shape index (κ3) is 3.87. The number of hydrogen-bond donors (Lipinski definition) is 0. The summed E-state index contributed by atoms with van der Waals surface area (Å²) >= 11 is 5.11. The van der Waals surface area contributed by atoms with Crippen LogP contribution in [0.15, 0.2) is 63.0 Å². The number of aromatic nitrogens is 2. The Hall–Kier alpha value is -1.63. The Labute approximate surface area is 164 Å². The van der Waals surface area contributed by atoms with E-state index in [1.165, 1.54) is 5.56 Å². The molecule has 6 heteroatoms. The first kappa shape index (κ1) is 17.8. The Kier molecular flexibility index (Phi) is 5.43. The van der Waals surface area contributed by atoms with Crippen molar-refractivity contribution in [3.8, 4) is 0 Å². The van der Waals surface area contributed by atoms with Gasteiger partial charge in [0.25, 0.3) is 5.56 Å². The molecule has 4 nitrogen and oxygen atoms in total. The Morgan fingerprint density at radius 3 is 2.92 bits per heavy atom. The van der Waals surface area contributed by atoms with Crippen LogP contribution in [0, 0.1) is 0 Å². The zero-order chi connectivity index (χ0) is 17.9. The lowest BCUT2D eigenvalue weighted by molar-refractivity contribution is 0.0937. The van der Waals surface area contributed by atoms with Crippen LogP contribution in [-0.4, -0.2) is 22.3 Å². The van der Waals surface area contributed by atoms with Gasteiger partial charge in [-0.3, -0.25) is 9.36 Å². The molecular weight excluding hydrogens is 412 g/mol. The molecule has 0 aliphatic carbocycles. The molecule has 0 spiro atoms. The first-order valence-electron chi connectivity index (χ1n) is 8.69. The van der Waals surface area contributed by atoms with Crippen molar-refractivity contribution < 1.29 is 4.74 Å². The SMILES string of the molecule is O=c1c2ccccc2nc(SCc2cccc(Br)c2)n1C[C@H]1CCCO1. The van der Waals surface area contributed by atoms with Crippen LogP contribution in [0.1, 0.15) is 18.4 Å². The number of halogens is 1. The van der Waals surface area contributed by atoms with Crippen molar-refractivity contribution in [2.45, 2.75) is 36.4 Å².